The standard InChI is InChI=1S/C19H23BN4O2/c1-12-13(2)18(25)24(11-23(3)20)19(26)17(12)22-21-16-9-8-14-6-4-5-7-15(14)10-16/h8-10,25H,4-7,11H2,1-3H3. The molecule has 0 fully saturated rings. The average Bonchev–Trinajstić information content (AvgIpc) is 2.63. The quantitative estimate of drug-likeness (QED) is 0.678. The molecule has 0 amide bonds. The molecule has 6 nitrogen and oxygen atoms in total. The van der Waals surface area contributed by atoms with Crippen LogP contribution in [-0.2, 0) is 19.5 Å². The largest absolute Gasteiger partial charge is 0.494 e. The number of fused-ring (bicyclic) bond motifs is 1. The normalized spacial score (nSPS) is 14.2. The van der Waals surface area contributed by atoms with Crippen LogP contribution in [0.2, 0.25) is 0 Å². The Hall–Kier alpha value is -2.41. The first-order chi connectivity index (χ1) is 12.4. The number of nitrogens with zero attached hydrogens (tertiary/aromatic N) is 4. The number of hydrogen-bond acceptors (Lipinski definition) is 5. The molecule has 0 bridgehead atoms. The van der Waals surface area contributed by atoms with E-state index in [0.717, 1.165) is 18.5 Å². The van der Waals surface area contributed by atoms with Crippen LogP contribution in [0.1, 0.15) is 35.1 Å². The lowest BCUT2D eigenvalue weighted by Crippen LogP contribution is -2.29. The van der Waals surface area contributed by atoms with Crippen molar-refractivity contribution in [2.75, 3.05) is 7.05 Å². The maximum atomic E-state index is 12.7. The second-order valence-electron chi connectivity index (χ2n) is 6.91. The van der Waals surface area contributed by atoms with Gasteiger partial charge in [0.25, 0.3) is 5.56 Å². The predicted molar refractivity (Wildman–Crippen MR) is 103 cm³/mol. The molecule has 1 aliphatic rings. The maximum absolute atomic E-state index is 12.7. The fraction of sp³-hybridized carbons (Fsp3) is 0.421. The second kappa shape index (κ2) is 7.46. The molecule has 0 unspecified atom stereocenters. The van der Waals surface area contributed by atoms with E-state index in [-0.39, 0.29) is 18.2 Å². The predicted octanol–water partition coefficient (Wildman–Crippen LogP) is 3.44. The Balaban J connectivity index is 2.00. The molecule has 2 radical (unpaired) electrons. The zero-order chi connectivity index (χ0) is 18.8. The Labute approximate surface area is 154 Å². The van der Waals surface area contributed by atoms with Crippen molar-refractivity contribution in [3.63, 3.8) is 0 Å². The van der Waals surface area contributed by atoms with Crippen molar-refractivity contribution in [3.8, 4) is 5.88 Å². The molecule has 0 atom stereocenters. The first-order valence-corrected chi connectivity index (χ1v) is 8.81. The van der Waals surface area contributed by atoms with Gasteiger partial charge in [0.05, 0.1) is 12.4 Å². The summed E-state index contributed by atoms with van der Waals surface area (Å²) in [7, 11) is 7.26. The molecule has 1 aromatic carbocycles. The number of benzene rings is 1. The van der Waals surface area contributed by atoms with Gasteiger partial charge in [-0.2, -0.15) is 5.11 Å². The van der Waals surface area contributed by atoms with Crippen molar-refractivity contribution in [1.82, 2.24) is 9.38 Å². The lowest BCUT2D eigenvalue weighted by Gasteiger charge is -2.18. The van der Waals surface area contributed by atoms with E-state index in [1.54, 1.807) is 20.9 Å². The van der Waals surface area contributed by atoms with Crippen LogP contribution in [-0.4, -0.2) is 29.5 Å². The summed E-state index contributed by atoms with van der Waals surface area (Å²) in [6.45, 7) is 3.57. The van der Waals surface area contributed by atoms with Gasteiger partial charge in [-0.1, -0.05) is 6.07 Å². The molecule has 1 N–H and O–H groups in total. The lowest BCUT2D eigenvalue weighted by atomic mass is 9.91. The molecule has 134 valence electrons. The minimum atomic E-state index is -0.412. The summed E-state index contributed by atoms with van der Waals surface area (Å²) in [4.78, 5) is 14.0. The number of azo groups is 1. The van der Waals surface area contributed by atoms with Gasteiger partial charge in [-0.3, -0.25) is 9.36 Å². The fourth-order valence-electron chi connectivity index (χ4n) is 3.29. The number of aromatic hydroxyl groups is 1. The van der Waals surface area contributed by atoms with Crippen LogP contribution in [0.15, 0.2) is 33.2 Å². The van der Waals surface area contributed by atoms with Crippen LogP contribution in [0.25, 0.3) is 0 Å². The number of aryl methyl sites for hydroxylation is 2. The lowest BCUT2D eigenvalue weighted by molar-refractivity contribution is 0.347. The van der Waals surface area contributed by atoms with Crippen LogP contribution in [0.4, 0.5) is 11.4 Å². The third-order valence-electron chi connectivity index (χ3n) is 4.92. The van der Waals surface area contributed by atoms with E-state index in [9.17, 15) is 9.90 Å². The molecule has 1 aromatic heterocycles. The van der Waals surface area contributed by atoms with Gasteiger partial charge in [0.2, 0.25) is 0 Å². The van der Waals surface area contributed by atoms with Crippen molar-refractivity contribution in [2.24, 2.45) is 10.2 Å². The fourth-order valence-corrected chi connectivity index (χ4v) is 3.29. The van der Waals surface area contributed by atoms with Crippen molar-refractivity contribution in [3.05, 3.63) is 50.8 Å². The van der Waals surface area contributed by atoms with E-state index >= 15 is 0 Å². The minimum absolute atomic E-state index is 0.0627. The Morgan fingerprint density at radius 1 is 1.15 bits per heavy atom. The maximum Gasteiger partial charge on any atom is 0.282 e. The summed E-state index contributed by atoms with van der Waals surface area (Å²) in [5.74, 6) is -0.0995. The van der Waals surface area contributed by atoms with Crippen LogP contribution in [0.3, 0.4) is 0 Å². The van der Waals surface area contributed by atoms with Crippen LogP contribution < -0.4 is 5.56 Å². The van der Waals surface area contributed by atoms with Gasteiger partial charge in [0.1, 0.15) is 0 Å². The summed E-state index contributed by atoms with van der Waals surface area (Å²) >= 11 is 0. The molecule has 0 saturated carbocycles. The molecule has 2 aromatic rings. The monoisotopic (exact) mass is 350 g/mol. The summed E-state index contributed by atoms with van der Waals surface area (Å²) in [6, 6.07) is 6.08. The summed E-state index contributed by atoms with van der Waals surface area (Å²) in [6.07, 6.45) is 4.60. The Bertz CT molecular complexity index is 919. The SMILES string of the molecule is [B]N(C)Cn1c(O)c(C)c(C)c(N=Nc2ccc3c(c2)CCCC3)c1=O. The summed E-state index contributed by atoms with van der Waals surface area (Å²) < 4.78 is 1.20. The molecule has 26 heavy (non-hydrogen) atoms. The van der Waals surface area contributed by atoms with Crippen molar-refractivity contribution < 1.29 is 5.11 Å². The highest BCUT2D eigenvalue weighted by Crippen LogP contribution is 2.29. The second-order valence-corrected chi connectivity index (χ2v) is 6.91. The van der Waals surface area contributed by atoms with Gasteiger partial charge >= 0.3 is 0 Å². The van der Waals surface area contributed by atoms with Gasteiger partial charge in [0, 0.05) is 5.56 Å². The molecule has 1 aliphatic carbocycles. The summed E-state index contributed by atoms with van der Waals surface area (Å²) in [5.41, 5.74) is 4.44. The van der Waals surface area contributed by atoms with Crippen LogP contribution >= 0.6 is 0 Å². The van der Waals surface area contributed by atoms with Gasteiger partial charge < -0.3 is 9.92 Å². The summed E-state index contributed by atoms with van der Waals surface area (Å²) in [5, 5.41) is 18.8. The Kier molecular flexibility index (Phi) is 5.27. The highest BCUT2D eigenvalue weighted by molar-refractivity contribution is 6.03. The minimum Gasteiger partial charge on any atom is -0.494 e. The van der Waals surface area contributed by atoms with Gasteiger partial charge in [0.15, 0.2) is 19.5 Å². The molecule has 0 saturated heterocycles. The van der Waals surface area contributed by atoms with Crippen molar-refractivity contribution in [1.29, 1.82) is 0 Å². The molecule has 1 heterocycles. The Morgan fingerprint density at radius 3 is 2.54 bits per heavy atom. The number of hydrogen-bond donors (Lipinski definition) is 1. The van der Waals surface area contributed by atoms with Crippen molar-refractivity contribution in [2.45, 2.75) is 46.2 Å². The highest BCUT2D eigenvalue weighted by atomic mass is 16.3. The van der Waals surface area contributed by atoms with Gasteiger partial charge in [-0.15, -0.1) is 5.11 Å². The molecular weight excluding hydrogens is 327 g/mol. The molecular formula is C19H23BN4O2. The smallest absolute Gasteiger partial charge is 0.282 e. The topological polar surface area (TPSA) is 70.2 Å². The van der Waals surface area contributed by atoms with Crippen molar-refractivity contribution >= 4 is 19.4 Å². The average molecular weight is 350 g/mol. The molecule has 0 aliphatic heterocycles. The molecule has 0 spiro atoms. The zero-order valence-corrected chi connectivity index (χ0v) is 15.5. The number of aromatic nitrogens is 1. The zero-order valence-electron chi connectivity index (χ0n) is 15.5. The third kappa shape index (κ3) is 3.58. The third-order valence-corrected chi connectivity index (χ3v) is 4.92. The van der Waals surface area contributed by atoms with Crippen LogP contribution in [0.5, 0.6) is 5.88 Å². The Morgan fingerprint density at radius 2 is 1.85 bits per heavy atom. The van der Waals surface area contributed by atoms with E-state index in [0.29, 0.717) is 11.1 Å². The van der Waals surface area contributed by atoms with Gasteiger partial charge in [-0.05, 0) is 75.4 Å². The highest BCUT2D eigenvalue weighted by Gasteiger charge is 2.17. The van der Waals surface area contributed by atoms with E-state index in [1.165, 1.54) is 33.3 Å². The molecule has 7 heteroatoms. The van der Waals surface area contributed by atoms with E-state index < -0.39 is 5.56 Å². The van der Waals surface area contributed by atoms with Gasteiger partial charge in [-0.25, -0.2) is 0 Å². The van der Waals surface area contributed by atoms with Crippen LogP contribution in [0, 0.1) is 13.8 Å². The first-order valence-electron chi connectivity index (χ1n) is 8.81. The van der Waals surface area contributed by atoms with E-state index in [4.69, 9.17) is 7.98 Å². The molecule has 3 rings (SSSR count). The van der Waals surface area contributed by atoms with E-state index in [2.05, 4.69) is 16.3 Å². The number of rotatable bonds is 4. The number of pyridine rings is 1. The van der Waals surface area contributed by atoms with E-state index in [1.807, 2.05) is 12.1 Å². The first kappa shape index (κ1) is 18.4.